The number of halogens is 2. The predicted molar refractivity (Wildman–Crippen MR) is 110 cm³/mol. The van der Waals surface area contributed by atoms with Crippen LogP contribution in [0.1, 0.15) is 18.9 Å². The molecule has 0 unspecified atom stereocenters. The lowest BCUT2D eigenvalue weighted by Gasteiger charge is -2.12. The number of rotatable bonds is 7. The highest BCUT2D eigenvalue weighted by Gasteiger charge is 2.11. The SMILES string of the molecule is CCOC(=O)CCc1cc(I)c(Oc2ccc(OC)cc2)c(I)c1. The van der Waals surface area contributed by atoms with E-state index in [9.17, 15) is 4.79 Å². The van der Waals surface area contributed by atoms with Crippen LogP contribution in [0.3, 0.4) is 0 Å². The molecule has 0 fully saturated rings. The molecule has 2 rings (SSSR count). The lowest BCUT2D eigenvalue weighted by molar-refractivity contribution is -0.143. The van der Waals surface area contributed by atoms with Crippen molar-refractivity contribution in [1.29, 1.82) is 0 Å². The first kappa shape index (κ1) is 19.3. The van der Waals surface area contributed by atoms with Gasteiger partial charge >= 0.3 is 5.97 Å². The standard InChI is InChI=1S/C18H18I2O4/c1-3-23-17(21)9-4-12-10-15(19)18(16(20)11-12)24-14-7-5-13(22-2)6-8-14/h5-8,10-11H,3-4,9H2,1-2H3. The zero-order valence-electron chi connectivity index (χ0n) is 13.5. The highest BCUT2D eigenvalue weighted by atomic mass is 127. The largest absolute Gasteiger partial charge is 0.497 e. The second-order valence-electron chi connectivity index (χ2n) is 4.97. The molecule has 0 heterocycles. The summed E-state index contributed by atoms with van der Waals surface area (Å²) in [5.74, 6) is 2.20. The van der Waals surface area contributed by atoms with Gasteiger partial charge in [0.25, 0.3) is 0 Å². The smallest absolute Gasteiger partial charge is 0.306 e. The van der Waals surface area contributed by atoms with Crippen molar-refractivity contribution in [1.82, 2.24) is 0 Å². The third kappa shape index (κ3) is 5.51. The number of carbonyl (C=O) groups is 1. The van der Waals surface area contributed by atoms with Crippen LogP contribution in [0, 0.1) is 7.14 Å². The summed E-state index contributed by atoms with van der Waals surface area (Å²) in [6, 6.07) is 11.6. The zero-order valence-corrected chi connectivity index (χ0v) is 17.8. The molecular weight excluding hydrogens is 534 g/mol. The van der Waals surface area contributed by atoms with E-state index in [-0.39, 0.29) is 5.97 Å². The zero-order chi connectivity index (χ0) is 17.5. The van der Waals surface area contributed by atoms with Crippen LogP contribution in [0.4, 0.5) is 0 Å². The van der Waals surface area contributed by atoms with Gasteiger partial charge in [-0.2, -0.15) is 0 Å². The Morgan fingerprint density at radius 2 is 1.62 bits per heavy atom. The van der Waals surface area contributed by atoms with Crippen molar-refractivity contribution in [3.8, 4) is 17.2 Å². The van der Waals surface area contributed by atoms with E-state index in [4.69, 9.17) is 14.2 Å². The molecule has 6 heteroatoms. The average molecular weight is 552 g/mol. The molecule has 0 N–H and O–H groups in total. The summed E-state index contributed by atoms with van der Waals surface area (Å²) in [7, 11) is 1.64. The molecule has 0 spiro atoms. The van der Waals surface area contributed by atoms with Crippen molar-refractivity contribution >= 4 is 51.2 Å². The fourth-order valence-corrected chi connectivity index (χ4v) is 4.21. The number of carbonyl (C=O) groups excluding carboxylic acids is 1. The third-order valence-corrected chi connectivity index (χ3v) is 4.86. The van der Waals surface area contributed by atoms with E-state index in [0.717, 1.165) is 30.0 Å². The van der Waals surface area contributed by atoms with Gasteiger partial charge in [0.15, 0.2) is 5.75 Å². The lowest BCUT2D eigenvalue weighted by atomic mass is 10.1. The predicted octanol–water partition coefficient (Wildman–Crippen LogP) is 5.19. The van der Waals surface area contributed by atoms with Gasteiger partial charge < -0.3 is 14.2 Å². The molecule has 0 aliphatic rings. The summed E-state index contributed by atoms with van der Waals surface area (Å²) in [5, 5.41) is 0. The highest BCUT2D eigenvalue weighted by Crippen LogP contribution is 2.33. The van der Waals surface area contributed by atoms with Gasteiger partial charge in [-0.05, 0) is 100 Å². The minimum atomic E-state index is -0.166. The van der Waals surface area contributed by atoms with E-state index in [2.05, 4.69) is 45.2 Å². The summed E-state index contributed by atoms with van der Waals surface area (Å²) in [5.41, 5.74) is 1.10. The summed E-state index contributed by atoms with van der Waals surface area (Å²) in [4.78, 5) is 11.5. The van der Waals surface area contributed by atoms with Crippen LogP contribution in [0.25, 0.3) is 0 Å². The van der Waals surface area contributed by atoms with Crippen molar-refractivity contribution in [2.75, 3.05) is 13.7 Å². The Hall–Kier alpha value is -1.03. The van der Waals surface area contributed by atoms with Crippen LogP contribution in [-0.2, 0) is 16.0 Å². The van der Waals surface area contributed by atoms with Crippen LogP contribution in [0.15, 0.2) is 36.4 Å². The fourth-order valence-electron chi connectivity index (χ4n) is 2.10. The fraction of sp³-hybridized carbons (Fsp3) is 0.278. The molecule has 0 saturated carbocycles. The Bertz CT molecular complexity index is 676. The van der Waals surface area contributed by atoms with Crippen molar-refractivity contribution in [3.63, 3.8) is 0 Å². The summed E-state index contributed by atoms with van der Waals surface area (Å²) in [6.45, 7) is 2.23. The van der Waals surface area contributed by atoms with E-state index in [0.29, 0.717) is 19.4 Å². The van der Waals surface area contributed by atoms with E-state index in [1.54, 1.807) is 7.11 Å². The molecule has 0 bridgehead atoms. The first-order valence-corrected chi connectivity index (χ1v) is 9.64. The van der Waals surface area contributed by atoms with Crippen molar-refractivity contribution in [3.05, 3.63) is 49.1 Å². The number of ether oxygens (including phenoxy) is 3. The first-order chi connectivity index (χ1) is 11.5. The van der Waals surface area contributed by atoms with E-state index in [1.807, 2.05) is 43.3 Å². The summed E-state index contributed by atoms with van der Waals surface area (Å²) in [6.07, 6.45) is 1.05. The van der Waals surface area contributed by atoms with Gasteiger partial charge in [0.2, 0.25) is 0 Å². The highest BCUT2D eigenvalue weighted by molar-refractivity contribution is 14.1. The molecule has 0 radical (unpaired) electrons. The molecule has 2 aromatic rings. The maximum absolute atomic E-state index is 11.5. The summed E-state index contributed by atoms with van der Waals surface area (Å²) < 4.78 is 18.1. The van der Waals surface area contributed by atoms with Gasteiger partial charge in [0.1, 0.15) is 11.5 Å². The Kier molecular flexibility index (Phi) is 7.60. The monoisotopic (exact) mass is 552 g/mol. The van der Waals surface area contributed by atoms with Crippen molar-refractivity contribution < 1.29 is 19.0 Å². The summed E-state index contributed by atoms with van der Waals surface area (Å²) >= 11 is 4.51. The number of esters is 1. The minimum Gasteiger partial charge on any atom is -0.497 e. The molecule has 0 aliphatic carbocycles. The number of aryl methyl sites for hydroxylation is 1. The number of methoxy groups -OCH3 is 1. The van der Waals surface area contributed by atoms with Gasteiger partial charge in [0.05, 0.1) is 20.9 Å². The topological polar surface area (TPSA) is 44.8 Å². The first-order valence-electron chi connectivity index (χ1n) is 7.49. The molecule has 0 atom stereocenters. The maximum Gasteiger partial charge on any atom is 0.306 e. The second kappa shape index (κ2) is 9.45. The van der Waals surface area contributed by atoms with Gasteiger partial charge in [0, 0.05) is 6.42 Å². The van der Waals surface area contributed by atoms with Gasteiger partial charge in [-0.1, -0.05) is 0 Å². The molecule has 4 nitrogen and oxygen atoms in total. The molecule has 0 saturated heterocycles. The number of hydrogen-bond donors (Lipinski definition) is 0. The van der Waals surface area contributed by atoms with Gasteiger partial charge in [-0.15, -0.1) is 0 Å². The number of hydrogen-bond acceptors (Lipinski definition) is 4. The van der Waals surface area contributed by atoms with Crippen molar-refractivity contribution in [2.45, 2.75) is 19.8 Å². The van der Waals surface area contributed by atoms with Crippen LogP contribution in [0.5, 0.6) is 17.2 Å². The Morgan fingerprint density at radius 1 is 1.04 bits per heavy atom. The van der Waals surface area contributed by atoms with Crippen LogP contribution < -0.4 is 9.47 Å². The third-order valence-electron chi connectivity index (χ3n) is 3.26. The van der Waals surface area contributed by atoms with E-state index < -0.39 is 0 Å². The molecule has 2 aromatic carbocycles. The Morgan fingerprint density at radius 3 is 2.17 bits per heavy atom. The molecular formula is C18H18I2O4. The molecule has 0 aromatic heterocycles. The molecule has 0 aliphatic heterocycles. The van der Waals surface area contributed by atoms with Crippen LogP contribution in [-0.4, -0.2) is 19.7 Å². The Labute approximate surface area is 169 Å². The normalized spacial score (nSPS) is 10.3. The number of benzene rings is 2. The minimum absolute atomic E-state index is 0.166. The molecule has 128 valence electrons. The van der Waals surface area contributed by atoms with E-state index >= 15 is 0 Å². The van der Waals surface area contributed by atoms with Crippen molar-refractivity contribution in [2.24, 2.45) is 0 Å². The maximum atomic E-state index is 11.5. The lowest BCUT2D eigenvalue weighted by Crippen LogP contribution is -2.05. The van der Waals surface area contributed by atoms with Gasteiger partial charge in [-0.25, -0.2) is 0 Å². The molecule has 24 heavy (non-hydrogen) atoms. The quantitative estimate of drug-likeness (QED) is 0.351. The van der Waals surface area contributed by atoms with Crippen LogP contribution in [0.2, 0.25) is 0 Å². The average Bonchev–Trinajstić information content (AvgIpc) is 2.57. The second-order valence-corrected chi connectivity index (χ2v) is 7.30. The van der Waals surface area contributed by atoms with Crippen LogP contribution >= 0.6 is 45.2 Å². The Balaban J connectivity index is 2.09. The molecule has 0 amide bonds. The van der Waals surface area contributed by atoms with E-state index in [1.165, 1.54) is 0 Å². The van der Waals surface area contributed by atoms with Gasteiger partial charge in [-0.3, -0.25) is 4.79 Å².